The molecule has 23 heavy (non-hydrogen) atoms. The van der Waals surface area contributed by atoms with Crippen molar-refractivity contribution in [3.8, 4) is 0 Å². The number of aliphatic carboxylic acids is 1. The molecule has 0 aliphatic heterocycles. The van der Waals surface area contributed by atoms with E-state index >= 15 is 0 Å². The standard InChI is InChI=1S/C11H24N2O2S.C2HF3O2/c1-4-13(5-2)7-8-15-11(14)10(12)6-9-16-3;3-2(4,5)1(6)7/h10H,4-9,12H2,1-3H3;(H,6,7)/t10-;/m0./s1. The first-order valence-corrected chi connectivity index (χ1v) is 8.43. The average molecular weight is 362 g/mol. The molecule has 0 saturated heterocycles. The number of carboxylic acids is 1. The molecule has 0 aromatic carbocycles. The van der Waals surface area contributed by atoms with Crippen molar-refractivity contribution < 1.29 is 32.6 Å². The molecule has 0 spiro atoms. The van der Waals surface area contributed by atoms with Crippen molar-refractivity contribution in [2.75, 3.05) is 38.2 Å². The largest absolute Gasteiger partial charge is 0.490 e. The highest BCUT2D eigenvalue weighted by molar-refractivity contribution is 7.98. The zero-order valence-corrected chi connectivity index (χ0v) is 14.4. The lowest BCUT2D eigenvalue weighted by molar-refractivity contribution is -0.192. The van der Waals surface area contributed by atoms with Gasteiger partial charge in [0.2, 0.25) is 0 Å². The monoisotopic (exact) mass is 362 g/mol. The van der Waals surface area contributed by atoms with E-state index in [9.17, 15) is 18.0 Å². The Balaban J connectivity index is 0. The van der Waals surface area contributed by atoms with Gasteiger partial charge in [0, 0.05) is 6.54 Å². The molecular weight excluding hydrogens is 337 g/mol. The van der Waals surface area contributed by atoms with Crippen molar-refractivity contribution >= 4 is 23.7 Å². The molecule has 0 aliphatic rings. The maximum Gasteiger partial charge on any atom is 0.490 e. The molecule has 3 N–H and O–H groups in total. The van der Waals surface area contributed by atoms with Crippen LogP contribution in [0.1, 0.15) is 20.3 Å². The molecule has 10 heteroatoms. The van der Waals surface area contributed by atoms with E-state index in [1.165, 1.54) is 0 Å². The van der Waals surface area contributed by atoms with Crippen LogP contribution in [0.25, 0.3) is 0 Å². The predicted octanol–water partition coefficient (Wildman–Crippen LogP) is 1.59. The normalized spacial score (nSPS) is 12.3. The molecule has 0 bridgehead atoms. The second-order valence-electron chi connectivity index (χ2n) is 4.39. The Labute approximate surface area is 138 Å². The molecule has 0 aliphatic carbocycles. The van der Waals surface area contributed by atoms with Gasteiger partial charge in [-0.1, -0.05) is 13.8 Å². The highest BCUT2D eigenvalue weighted by Gasteiger charge is 2.38. The highest BCUT2D eigenvalue weighted by Crippen LogP contribution is 2.13. The van der Waals surface area contributed by atoms with E-state index in [-0.39, 0.29) is 5.97 Å². The SMILES string of the molecule is CCN(CC)CCOC(=O)[C@@H](N)CCSC.O=C(O)C(F)(F)F. The van der Waals surface area contributed by atoms with Crippen LogP contribution < -0.4 is 5.73 Å². The number of hydrogen-bond donors (Lipinski definition) is 2. The number of carboxylic acid groups (broad SMARTS) is 1. The molecule has 0 saturated carbocycles. The number of ether oxygens (including phenoxy) is 1. The molecule has 0 amide bonds. The second kappa shape index (κ2) is 13.4. The Kier molecular flexibility index (Phi) is 14.2. The molecule has 0 aromatic rings. The third-order valence-electron chi connectivity index (χ3n) is 2.72. The van der Waals surface area contributed by atoms with Crippen LogP contribution in [0, 0.1) is 0 Å². The van der Waals surface area contributed by atoms with Crippen LogP contribution >= 0.6 is 11.8 Å². The van der Waals surface area contributed by atoms with E-state index < -0.39 is 18.2 Å². The van der Waals surface area contributed by atoms with Crippen LogP contribution in [0.3, 0.4) is 0 Å². The first kappa shape index (κ1) is 24.3. The van der Waals surface area contributed by atoms with E-state index in [1.54, 1.807) is 11.8 Å². The summed E-state index contributed by atoms with van der Waals surface area (Å²) in [6.07, 6.45) is -2.40. The molecule has 1 atom stereocenters. The van der Waals surface area contributed by atoms with E-state index in [0.717, 1.165) is 25.4 Å². The number of rotatable bonds is 9. The van der Waals surface area contributed by atoms with Crippen molar-refractivity contribution in [2.45, 2.75) is 32.5 Å². The Morgan fingerprint density at radius 3 is 2.13 bits per heavy atom. The fraction of sp³-hybridized carbons (Fsp3) is 0.846. The number of thioether (sulfide) groups is 1. The fourth-order valence-corrected chi connectivity index (χ4v) is 1.77. The third-order valence-corrected chi connectivity index (χ3v) is 3.37. The summed E-state index contributed by atoms with van der Waals surface area (Å²) in [5, 5.41) is 7.12. The van der Waals surface area contributed by atoms with Crippen LogP contribution in [0.15, 0.2) is 0 Å². The van der Waals surface area contributed by atoms with Crippen LogP contribution in [-0.2, 0) is 14.3 Å². The first-order valence-electron chi connectivity index (χ1n) is 7.03. The summed E-state index contributed by atoms with van der Waals surface area (Å²) in [7, 11) is 0. The predicted molar refractivity (Wildman–Crippen MR) is 83.4 cm³/mol. The van der Waals surface area contributed by atoms with Gasteiger partial charge in [-0.3, -0.25) is 4.79 Å². The minimum Gasteiger partial charge on any atom is -0.475 e. The lowest BCUT2D eigenvalue weighted by Crippen LogP contribution is -2.35. The summed E-state index contributed by atoms with van der Waals surface area (Å²) in [5.41, 5.74) is 5.68. The van der Waals surface area contributed by atoms with Crippen molar-refractivity contribution in [3.05, 3.63) is 0 Å². The van der Waals surface area contributed by atoms with Crippen molar-refractivity contribution in [2.24, 2.45) is 5.73 Å². The van der Waals surface area contributed by atoms with Gasteiger partial charge in [0.25, 0.3) is 0 Å². The zero-order chi connectivity index (χ0) is 18.5. The summed E-state index contributed by atoms with van der Waals surface area (Å²) < 4.78 is 36.9. The number of carbonyl (C=O) groups excluding carboxylic acids is 1. The first-order chi connectivity index (χ1) is 10.6. The lowest BCUT2D eigenvalue weighted by Gasteiger charge is -2.18. The second-order valence-corrected chi connectivity index (χ2v) is 5.37. The number of nitrogens with two attached hydrogens (primary N) is 1. The topological polar surface area (TPSA) is 92.9 Å². The quantitative estimate of drug-likeness (QED) is 0.602. The molecule has 0 heterocycles. The van der Waals surface area contributed by atoms with Gasteiger partial charge in [0.05, 0.1) is 0 Å². The number of likely N-dealkylation sites (N-methyl/N-ethyl adjacent to an activating group) is 1. The number of hydrogen-bond acceptors (Lipinski definition) is 6. The Morgan fingerprint density at radius 1 is 1.30 bits per heavy atom. The molecule has 0 unspecified atom stereocenters. The lowest BCUT2D eigenvalue weighted by atomic mass is 10.2. The van der Waals surface area contributed by atoms with Gasteiger partial charge < -0.3 is 20.5 Å². The van der Waals surface area contributed by atoms with E-state index in [0.29, 0.717) is 13.0 Å². The number of carbonyl (C=O) groups is 2. The number of esters is 1. The van der Waals surface area contributed by atoms with Gasteiger partial charge in [-0.05, 0) is 31.5 Å². The highest BCUT2D eigenvalue weighted by atomic mass is 32.2. The van der Waals surface area contributed by atoms with Gasteiger partial charge in [0.1, 0.15) is 12.6 Å². The van der Waals surface area contributed by atoms with Crippen LogP contribution in [0.4, 0.5) is 13.2 Å². The number of halogens is 3. The summed E-state index contributed by atoms with van der Waals surface area (Å²) in [6, 6.07) is -0.468. The van der Waals surface area contributed by atoms with Gasteiger partial charge in [-0.25, -0.2) is 4.79 Å². The van der Waals surface area contributed by atoms with E-state index in [4.69, 9.17) is 20.4 Å². The minimum atomic E-state index is -5.08. The molecule has 6 nitrogen and oxygen atoms in total. The maximum atomic E-state index is 11.4. The summed E-state index contributed by atoms with van der Waals surface area (Å²) >= 11 is 1.69. The van der Waals surface area contributed by atoms with Crippen LogP contribution in [-0.4, -0.2) is 72.4 Å². The van der Waals surface area contributed by atoms with Crippen LogP contribution in [0.5, 0.6) is 0 Å². The maximum absolute atomic E-state index is 11.4. The zero-order valence-electron chi connectivity index (χ0n) is 13.6. The Bertz CT molecular complexity index is 340. The van der Waals surface area contributed by atoms with Gasteiger partial charge in [-0.2, -0.15) is 24.9 Å². The minimum absolute atomic E-state index is 0.277. The van der Waals surface area contributed by atoms with Crippen molar-refractivity contribution in [1.82, 2.24) is 4.90 Å². The molecule has 0 fully saturated rings. The molecule has 138 valence electrons. The van der Waals surface area contributed by atoms with Gasteiger partial charge >= 0.3 is 18.1 Å². The average Bonchev–Trinajstić information content (AvgIpc) is 2.48. The number of nitrogens with zero attached hydrogens (tertiary/aromatic N) is 1. The van der Waals surface area contributed by atoms with E-state index in [2.05, 4.69) is 18.7 Å². The third kappa shape index (κ3) is 14.3. The summed E-state index contributed by atoms with van der Waals surface area (Å²) in [4.78, 5) is 22.5. The van der Waals surface area contributed by atoms with Gasteiger partial charge in [-0.15, -0.1) is 0 Å². The molecule has 0 radical (unpaired) electrons. The summed E-state index contributed by atoms with van der Waals surface area (Å²) in [6.45, 7) is 7.37. The number of alkyl halides is 3. The van der Waals surface area contributed by atoms with Crippen LogP contribution in [0.2, 0.25) is 0 Å². The van der Waals surface area contributed by atoms with Crippen molar-refractivity contribution in [3.63, 3.8) is 0 Å². The molecular formula is C13H25F3N2O4S. The summed E-state index contributed by atoms with van der Waals surface area (Å²) in [5.74, 6) is -2.14. The smallest absolute Gasteiger partial charge is 0.475 e. The Morgan fingerprint density at radius 2 is 1.78 bits per heavy atom. The Hall–Kier alpha value is -1.00. The fourth-order valence-electron chi connectivity index (χ4n) is 1.28. The molecule has 0 aromatic heterocycles. The van der Waals surface area contributed by atoms with E-state index in [1.807, 2.05) is 6.26 Å². The van der Waals surface area contributed by atoms with Gasteiger partial charge in [0.15, 0.2) is 0 Å². The molecule has 0 rings (SSSR count). The van der Waals surface area contributed by atoms with Crippen molar-refractivity contribution in [1.29, 1.82) is 0 Å².